The van der Waals surface area contributed by atoms with Crippen LogP contribution in [0, 0.1) is 0 Å². The summed E-state index contributed by atoms with van der Waals surface area (Å²) >= 11 is 5.06. The molecule has 0 amide bonds. The van der Waals surface area contributed by atoms with E-state index in [4.69, 9.17) is 19.9 Å². The van der Waals surface area contributed by atoms with Crippen LogP contribution >= 0.6 is 27.3 Å². The summed E-state index contributed by atoms with van der Waals surface area (Å²) in [4.78, 5) is 18.5. The SMILES string of the molecule is CCCc1nc2ccccn2c1-c1csc(Nc2ccc(Br)cc2)n1.O=C(O)C(F)(F)F. The van der Waals surface area contributed by atoms with Crippen LogP contribution < -0.4 is 5.32 Å². The first kappa shape index (κ1) is 23.7. The highest BCUT2D eigenvalue weighted by molar-refractivity contribution is 9.10. The average Bonchev–Trinajstić information content (AvgIpc) is 3.33. The van der Waals surface area contributed by atoms with Crippen LogP contribution in [0.1, 0.15) is 19.0 Å². The lowest BCUT2D eigenvalue weighted by atomic mass is 10.2. The Labute approximate surface area is 193 Å². The zero-order valence-electron chi connectivity index (χ0n) is 16.7. The van der Waals surface area contributed by atoms with Crippen molar-refractivity contribution in [1.29, 1.82) is 0 Å². The van der Waals surface area contributed by atoms with Crippen LogP contribution in [-0.2, 0) is 11.2 Å². The molecule has 3 aromatic heterocycles. The molecule has 4 rings (SSSR count). The highest BCUT2D eigenvalue weighted by atomic mass is 79.9. The number of hydrogen-bond donors (Lipinski definition) is 2. The summed E-state index contributed by atoms with van der Waals surface area (Å²) in [5.41, 5.74) is 5.16. The van der Waals surface area contributed by atoms with Crippen LogP contribution in [0.5, 0.6) is 0 Å². The molecular formula is C21H18BrF3N4O2S. The molecule has 4 aromatic rings. The fraction of sp³-hybridized carbons (Fsp3) is 0.190. The second kappa shape index (κ2) is 10.1. The molecule has 0 atom stereocenters. The van der Waals surface area contributed by atoms with E-state index < -0.39 is 12.1 Å². The molecule has 0 unspecified atom stereocenters. The summed E-state index contributed by atoms with van der Waals surface area (Å²) in [7, 11) is 0. The summed E-state index contributed by atoms with van der Waals surface area (Å²) in [5, 5.41) is 13.5. The molecular weight excluding hydrogens is 509 g/mol. The molecule has 0 spiro atoms. The first-order chi connectivity index (χ1) is 15.2. The van der Waals surface area contributed by atoms with Gasteiger partial charge in [-0.3, -0.25) is 4.40 Å². The van der Waals surface area contributed by atoms with Crippen molar-refractivity contribution in [2.45, 2.75) is 25.9 Å². The van der Waals surface area contributed by atoms with Crippen LogP contribution in [0.4, 0.5) is 24.0 Å². The van der Waals surface area contributed by atoms with E-state index in [9.17, 15) is 13.2 Å². The maximum Gasteiger partial charge on any atom is 0.490 e. The van der Waals surface area contributed by atoms with Crippen LogP contribution in [-0.4, -0.2) is 31.6 Å². The van der Waals surface area contributed by atoms with Crippen molar-refractivity contribution in [2.75, 3.05) is 5.32 Å². The number of fused-ring (bicyclic) bond motifs is 1. The quantitative estimate of drug-likeness (QED) is 0.308. The molecule has 0 bridgehead atoms. The van der Waals surface area contributed by atoms with Crippen molar-refractivity contribution in [3.8, 4) is 11.4 Å². The molecule has 1 aromatic carbocycles. The Kier molecular flexibility index (Phi) is 7.52. The number of carboxylic acids is 1. The summed E-state index contributed by atoms with van der Waals surface area (Å²) in [6, 6.07) is 14.2. The molecule has 0 fully saturated rings. The van der Waals surface area contributed by atoms with Gasteiger partial charge in [0.25, 0.3) is 0 Å². The molecule has 32 heavy (non-hydrogen) atoms. The Bertz CT molecular complexity index is 1210. The number of halogens is 4. The summed E-state index contributed by atoms with van der Waals surface area (Å²) in [6.45, 7) is 2.18. The van der Waals surface area contributed by atoms with Gasteiger partial charge < -0.3 is 10.4 Å². The van der Waals surface area contributed by atoms with Gasteiger partial charge in [0.1, 0.15) is 11.3 Å². The fourth-order valence-electron chi connectivity index (χ4n) is 2.82. The van der Waals surface area contributed by atoms with E-state index in [1.807, 2.05) is 42.5 Å². The Hall–Kier alpha value is -2.92. The first-order valence-electron chi connectivity index (χ1n) is 9.43. The molecule has 0 aliphatic rings. The highest BCUT2D eigenvalue weighted by Crippen LogP contribution is 2.31. The lowest BCUT2D eigenvalue weighted by Gasteiger charge is -2.03. The van der Waals surface area contributed by atoms with Gasteiger partial charge in [0.15, 0.2) is 5.13 Å². The van der Waals surface area contributed by atoms with Crippen molar-refractivity contribution < 1.29 is 23.1 Å². The number of hydrogen-bond acceptors (Lipinski definition) is 5. The zero-order chi connectivity index (χ0) is 23.3. The van der Waals surface area contributed by atoms with E-state index >= 15 is 0 Å². The number of thiazole rings is 1. The molecule has 3 heterocycles. The average molecular weight is 527 g/mol. The minimum atomic E-state index is -5.08. The third-order valence-corrected chi connectivity index (χ3v) is 5.46. The Morgan fingerprint density at radius 3 is 2.50 bits per heavy atom. The number of pyridine rings is 1. The van der Waals surface area contributed by atoms with Gasteiger partial charge in [0.05, 0.1) is 11.4 Å². The van der Waals surface area contributed by atoms with Gasteiger partial charge in [-0.05, 0) is 42.8 Å². The molecule has 11 heteroatoms. The van der Waals surface area contributed by atoms with Crippen molar-refractivity contribution in [3.63, 3.8) is 0 Å². The largest absolute Gasteiger partial charge is 0.490 e. The van der Waals surface area contributed by atoms with Gasteiger partial charge in [0, 0.05) is 21.7 Å². The third-order valence-electron chi connectivity index (χ3n) is 4.17. The smallest absolute Gasteiger partial charge is 0.475 e. The van der Waals surface area contributed by atoms with E-state index in [1.54, 1.807) is 11.3 Å². The maximum absolute atomic E-state index is 10.6. The molecule has 6 nitrogen and oxygen atoms in total. The van der Waals surface area contributed by atoms with Crippen LogP contribution in [0.15, 0.2) is 58.5 Å². The zero-order valence-corrected chi connectivity index (χ0v) is 19.1. The van der Waals surface area contributed by atoms with Gasteiger partial charge >= 0.3 is 12.1 Å². The summed E-state index contributed by atoms with van der Waals surface area (Å²) in [6.07, 6.45) is -1.02. The Balaban J connectivity index is 0.000000360. The van der Waals surface area contributed by atoms with Gasteiger partial charge in [-0.15, -0.1) is 11.3 Å². The lowest BCUT2D eigenvalue weighted by Crippen LogP contribution is -2.21. The van der Waals surface area contributed by atoms with Crippen LogP contribution in [0.3, 0.4) is 0 Å². The number of nitrogens with zero attached hydrogens (tertiary/aromatic N) is 3. The Morgan fingerprint density at radius 1 is 1.19 bits per heavy atom. The molecule has 2 N–H and O–H groups in total. The molecule has 0 saturated heterocycles. The van der Waals surface area contributed by atoms with E-state index in [0.29, 0.717) is 0 Å². The normalized spacial score (nSPS) is 11.2. The molecule has 0 radical (unpaired) electrons. The second-order valence-corrected chi connectivity index (χ2v) is 8.33. The third kappa shape index (κ3) is 5.86. The highest BCUT2D eigenvalue weighted by Gasteiger charge is 2.38. The van der Waals surface area contributed by atoms with E-state index in [2.05, 4.69) is 44.1 Å². The topological polar surface area (TPSA) is 79.5 Å². The molecule has 0 saturated carbocycles. The van der Waals surface area contributed by atoms with Crippen molar-refractivity contribution >= 4 is 49.7 Å². The van der Waals surface area contributed by atoms with Gasteiger partial charge in [-0.2, -0.15) is 13.2 Å². The number of carboxylic acid groups (broad SMARTS) is 1. The van der Waals surface area contributed by atoms with E-state index in [-0.39, 0.29) is 0 Å². The molecule has 168 valence electrons. The summed E-state index contributed by atoms with van der Waals surface area (Å²) < 4.78 is 34.9. The standard InChI is InChI=1S/C19H17BrN4S.C2HF3O2/c1-2-5-15-18(24-11-4-3-6-17(24)22-15)16-12-25-19(23-16)21-14-9-7-13(20)8-10-14;3-2(4,5)1(6)7/h3-4,6-12H,2,5H2,1H3,(H,21,23);(H,6,7). The number of nitrogens with one attached hydrogen (secondary N) is 1. The number of anilines is 2. The fourth-order valence-corrected chi connectivity index (χ4v) is 3.80. The molecule has 0 aliphatic heterocycles. The maximum atomic E-state index is 10.6. The predicted octanol–water partition coefficient (Wildman–Crippen LogP) is 6.55. The minimum absolute atomic E-state index is 0.880. The number of aromatic nitrogens is 3. The first-order valence-corrected chi connectivity index (χ1v) is 11.1. The number of aliphatic carboxylic acids is 1. The second-order valence-electron chi connectivity index (χ2n) is 6.56. The number of aryl methyl sites for hydroxylation is 1. The van der Waals surface area contributed by atoms with Gasteiger partial charge in [0.2, 0.25) is 0 Å². The van der Waals surface area contributed by atoms with Gasteiger partial charge in [-0.1, -0.05) is 35.3 Å². The van der Waals surface area contributed by atoms with Crippen molar-refractivity contribution in [2.24, 2.45) is 0 Å². The number of alkyl halides is 3. The number of carbonyl (C=O) groups is 1. The number of rotatable bonds is 5. The van der Waals surface area contributed by atoms with Crippen LogP contribution in [0.2, 0.25) is 0 Å². The molecule has 0 aliphatic carbocycles. The van der Waals surface area contributed by atoms with E-state index in [1.165, 1.54) is 0 Å². The minimum Gasteiger partial charge on any atom is -0.475 e. The monoisotopic (exact) mass is 526 g/mol. The number of imidazole rings is 1. The number of benzene rings is 1. The van der Waals surface area contributed by atoms with Gasteiger partial charge in [-0.25, -0.2) is 14.8 Å². The Morgan fingerprint density at radius 2 is 1.88 bits per heavy atom. The van der Waals surface area contributed by atoms with Crippen molar-refractivity contribution in [1.82, 2.24) is 14.4 Å². The van der Waals surface area contributed by atoms with Crippen molar-refractivity contribution in [3.05, 3.63) is 64.2 Å². The van der Waals surface area contributed by atoms with Crippen LogP contribution in [0.25, 0.3) is 17.0 Å². The lowest BCUT2D eigenvalue weighted by molar-refractivity contribution is -0.192. The summed E-state index contributed by atoms with van der Waals surface area (Å²) in [5.74, 6) is -2.76. The predicted molar refractivity (Wildman–Crippen MR) is 121 cm³/mol. The van der Waals surface area contributed by atoms with E-state index in [0.717, 1.165) is 50.9 Å².